The molecule has 0 spiro atoms. The number of benzene rings is 1. The molecule has 0 saturated carbocycles. The normalized spacial score (nSPS) is 10.1. The molecule has 18 heavy (non-hydrogen) atoms. The lowest BCUT2D eigenvalue weighted by atomic mass is 10.1. The topological polar surface area (TPSA) is 72.5 Å². The third-order valence-electron chi connectivity index (χ3n) is 1.90. The highest BCUT2D eigenvalue weighted by molar-refractivity contribution is 5.75. The zero-order chi connectivity index (χ0) is 14.6. The summed E-state index contributed by atoms with van der Waals surface area (Å²) < 4.78 is 4.49. The van der Waals surface area contributed by atoms with E-state index in [4.69, 9.17) is 10.8 Å². The number of carbonyl (C=O) groups excluding carboxylic acids is 1. The number of carbonyl (C=O) groups is 1. The zero-order valence-corrected chi connectivity index (χ0v) is 11.9. The van der Waals surface area contributed by atoms with Crippen molar-refractivity contribution in [3.8, 4) is 5.75 Å². The molecule has 0 saturated heterocycles. The molecule has 3 N–H and O–H groups in total. The first kappa shape index (κ1) is 18.8. The third kappa shape index (κ3) is 7.68. The Morgan fingerprint density at radius 3 is 2.06 bits per heavy atom. The molecule has 0 bridgehead atoms. The first-order valence-corrected chi connectivity index (χ1v) is 6.25. The summed E-state index contributed by atoms with van der Waals surface area (Å²) in [5, 5.41) is 9.02. The molecule has 4 heteroatoms. The number of phenols is 1. The molecule has 104 valence electrons. The van der Waals surface area contributed by atoms with E-state index in [9.17, 15) is 4.79 Å². The van der Waals surface area contributed by atoms with Gasteiger partial charge in [0.25, 0.3) is 0 Å². The zero-order valence-electron chi connectivity index (χ0n) is 11.9. The van der Waals surface area contributed by atoms with Crippen molar-refractivity contribution in [1.29, 1.82) is 0 Å². The van der Waals surface area contributed by atoms with Crippen LogP contribution in [0, 0.1) is 0 Å². The lowest BCUT2D eigenvalue weighted by Crippen LogP contribution is -2.33. The van der Waals surface area contributed by atoms with Gasteiger partial charge < -0.3 is 15.6 Å². The first-order valence-electron chi connectivity index (χ1n) is 6.25. The van der Waals surface area contributed by atoms with E-state index < -0.39 is 12.0 Å². The van der Waals surface area contributed by atoms with E-state index in [1.54, 1.807) is 24.3 Å². The summed E-state index contributed by atoms with van der Waals surface area (Å²) in [6.45, 7) is 8.00. The molecule has 0 heterocycles. The molecule has 0 amide bonds. The maximum Gasteiger partial charge on any atom is 0.322 e. The molecule has 4 nitrogen and oxygen atoms in total. The van der Waals surface area contributed by atoms with E-state index >= 15 is 0 Å². The second-order valence-corrected chi connectivity index (χ2v) is 3.00. The Kier molecular flexibility index (Phi) is 12.5. The summed E-state index contributed by atoms with van der Waals surface area (Å²) in [5.41, 5.74) is 6.45. The van der Waals surface area contributed by atoms with Gasteiger partial charge in [0.05, 0.1) is 7.11 Å². The monoisotopic (exact) mass is 255 g/mol. The molecule has 0 unspecified atom stereocenters. The van der Waals surface area contributed by atoms with Crippen LogP contribution in [0.2, 0.25) is 0 Å². The fourth-order valence-electron chi connectivity index (χ4n) is 1.12. The average molecular weight is 255 g/mol. The number of aromatic hydroxyl groups is 1. The minimum atomic E-state index is -0.649. The van der Waals surface area contributed by atoms with Crippen molar-refractivity contribution in [2.75, 3.05) is 7.11 Å². The van der Waals surface area contributed by atoms with Gasteiger partial charge in [0.2, 0.25) is 0 Å². The molecule has 0 aromatic heterocycles. The van der Waals surface area contributed by atoms with Gasteiger partial charge in [0.15, 0.2) is 0 Å². The highest BCUT2D eigenvalue weighted by Gasteiger charge is 2.13. The van der Waals surface area contributed by atoms with Crippen molar-refractivity contribution in [2.24, 2.45) is 5.73 Å². The van der Waals surface area contributed by atoms with Crippen LogP contribution >= 0.6 is 0 Å². The summed E-state index contributed by atoms with van der Waals surface area (Å²) >= 11 is 0. The van der Waals surface area contributed by atoms with Crippen molar-refractivity contribution in [1.82, 2.24) is 0 Å². The van der Waals surface area contributed by atoms with Crippen LogP contribution in [0.1, 0.15) is 33.3 Å². The Labute approximate surface area is 110 Å². The number of phenolic OH excluding ortho intramolecular Hbond substituents is 1. The highest BCUT2D eigenvalue weighted by atomic mass is 16.5. The number of nitrogens with two attached hydrogens (primary N) is 1. The van der Waals surface area contributed by atoms with Gasteiger partial charge in [0.1, 0.15) is 11.8 Å². The molecule has 0 aliphatic rings. The van der Waals surface area contributed by atoms with Crippen LogP contribution < -0.4 is 5.73 Å². The molecule has 1 atom stereocenters. The molecule has 0 radical (unpaired) electrons. The van der Waals surface area contributed by atoms with Crippen LogP contribution in [0.4, 0.5) is 0 Å². The summed E-state index contributed by atoms with van der Waals surface area (Å²) in [6, 6.07) is 5.90. The molecule has 0 fully saturated rings. The lowest BCUT2D eigenvalue weighted by molar-refractivity contribution is -0.142. The van der Waals surface area contributed by atoms with E-state index in [0.717, 1.165) is 5.56 Å². The largest absolute Gasteiger partial charge is 0.508 e. The standard InChI is InChI=1S/C10H13NO3.2C2H6/c1-14-10(13)9(11)6-7-2-4-8(12)5-3-7;2*1-2/h2-5,9,12H,6,11H2,1H3;2*1-2H3/t9-;;/m0../s1. The Morgan fingerprint density at radius 2 is 1.67 bits per heavy atom. The van der Waals surface area contributed by atoms with Gasteiger partial charge in [-0.25, -0.2) is 0 Å². The van der Waals surface area contributed by atoms with Gasteiger partial charge in [-0.3, -0.25) is 4.79 Å². The number of methoxy groups -OCH3 is 1. The number of esters is 1. The van der Waals surface area contributed by atoms with Crippen molar-refractivity contribution in [3.05, 3.63) is 29.8 Å². The number of ether oxygens (including phenoxy) is 1. The quantitative estimate of drug-likeness (QED) is 0.814. The fraction of sp³-hybridized carbons (Fsp3) is 0.500. The SMILES string of the molecule is CC.CC.COC(=O)[C@@H](N)Cc1ccc(O)cc1. The summed E-state index contributed by atoms with van der Waals surface area (Å²) in [7, 11) is 1.30. The van der Waals surface area contributed by atoms with Crippen molar-refractivity contribution >= 4 is 5.97 Å². The second kappa shape index (κ2) is 11.9. The molecule has 1 aromatic rings. The maximum absolute atomic E-state index is 11.0. The van der Waals surface area contributed by atoms with Crippen molar-refractivity contribution < 1.29 is 14.6 Å². The minimum absolute atomic E-state index is 0.195. The van der Waals surface area contributed by atoms with Crippen molar-refractivity contribution in [2.45, 2.75) is 40.2 Å². The lowest BCUT2D eigenvalue weighted by Gasteiger charge is -2.08. The first-order chi connectivity index (χ1) is 8.63. The molecular weight excluding hydrogens is 230 g/mol. The Balaban J connectivity index is 0. The number of rotatable bonds is 3. The van der Waals surface area contributed by atoms with E-state index in [1.807, 2.05) is 27.7 Å². The maximum atomic E-state index is 11.0. The fourth-order valence-corrected chi connectivity index (χ4v) is 1.12. The van der Waals surface area contributed by atoms with E-state index in [0.29, 0.717) is 6.42 Å². The van der Waals surface area contributed by atoms with Crippen LogP contribution in [0.5, 0.6) is 5.75 Å². The van der Waals surface area contributed by atoms with Gasteiger partial charge in [0, 0.05) is 0 Å². The van der Waals surface area contributed by atoms with Gasteiger partial charge >= 0.3 is 5.97 Å². The van der Waals surface area contributed by atoms with Gasteiger partial charge in [-0.15, -0.1) is 0 Å². The molecule has 1 aromatic carbocycles. The highest BCUT2D eigenvalue weighted by Crippen LogP contribution is 2.10. The van der Waals surface area contributed by atoms with Crippen LogP contribution in [0.3, 0.4) is 0 Å². The summed E-state index contributed by atoms with van der Waals surface area (Å²) in [6.07, 6.45) is 0.410. The van der Waals surface area contributed by atoms with Crippen LogP contribution in [0.15, 0.2) is 24.3 Å². The smallest absolute Gasteiger partial charge is 0.322 e. The van der Waals surface area contributed by atoms with Gasteiger partial charge in [-0.2, -0.15) is 0 Å². The number of hydrogen-bond acceptors (Lipinski definition) is 4. The Hall–Kier alpha value is -1.55. The van der Waals surface area contributed by atoms with E-state index in [2.05, 4.69) is 4.74 Å². The summed E-state index contributed by atoms with van der Waals surface area (Å²) in [4.78, 5) is 11.0. The van der Waals surface area contributed by atoms with Crippen LogP contribution in [0.25, 0.3) is 0 Å². The third-order valence-corrected chi connectivity index (χ3v) is 1.90. The Bertz CT molecular complexity index is 309. The molecule has 1 rings (SSSR count). The van der Waals surface area contributed by atoms with E-state index in [-0.39, 0.29) is 5.75 Å². The minimum Gasteiger partial charge on any atom is -0.508 e. The molecule has 0 aliphatic heterocycles. The van der Waals surface area contributed by atoms with Crippen LogP contribution in [-0.2, 0) is 16.0 Å². The Morgan fingerprint density at radius 1 is 1.22 bits per heavy atom. The second-order valence-electron chi connectivity index (χ2n) is 3.00. The summed E-state index contributed by atoms with van der Waals surface area (Å²) in [5.74, 6) is -0.238. The van der Waals surface area contributed by atoms with Crippen LogP contribution in [-0.4, -0.2) is 24.2 Å². The molecular formula is C14H25NO3. The van der Waals surface area contributed by atoms with E-state index in [1.165, 1.54) is 7.11 Å². The van der Waals surface area contributed by atoms with Gasteiger partial charge in [-0.05, 0) is 24.1 Å². The van der Waals surface area contributed by atoms with Gasteiger partial charge in [-0.1, -0.05) is 39.8 Å². The van der Waals surface area contributed by atoms with Crippen molar-refractivity contribution in [3.63, 3.8) is 0 Å². The predicted molar refractivity (Wildman–Crippen MR) is 74.5 cm³/mol. The average Bonchev–Trinajstić information content (AvgIpc) is 2.44. The molecule has 0 aliphatic carbocycles. The number of hydrogen-bond donors (Lipinski definition) is 2. The predicted octanol–water partition coefficient (Wildman–Crippen LogP) is 2.49.